The summed E-state index contributed by atoms with van der Waals surface area (Å²) >= 11 is 0. The number of methoxy groups -OCH3 is 1. The number of aromatic nitrogens is 3. The van der Waals surface area contributed by atoms with Crippen LogP contribution in [0.5, 0.6) is 5.75 Å². The van der Waals surface area contributed by atoms with Crippen molar-refractivity contribution in [3.63, 3.8) is 0 Å². The van der Waals surface area contributed by atoms with Crippen molar-refractivity contribution in [3.05, 3.63) is 36.2 Å². The third kappa shape index (κ3) is 4.70. The first-order chi connectivity index (χ1) is 11.6. The third-order valence-electron chi connectivity index (χ3n) is 4.53. The number of amides is 1. The Balaban J connectivity index is 0.00000312. The fraction of sp³-hybridized carbons (Fsp3) is 0.471. The van der Waals surface area contributed by atoms with Gasteiger partial charge in [0.15, 0.2) is 0 Å². The minimum absolute atomic E-state index is 0. The first kappa shape index (κ1) is 20.9. The highest BCUT2D eigenvalue weighted by Gasteiger charge is 2.33. The van der Waals surface area contributed by atoms with Crippen LogP contribution in [0.4, 0.5) is 0 Å². The molecule has 1 aromatic heterocycles. The number of carbonyl (C=O) groups is 1. The lowest BCUT2D eigenvalue weighted by Crippen LogP contribution is -2.45. The maximum atomic E-state index is 12.4. The van der Waals surface area contributed by atoms with Crippen LogP contribution in [-0.2, 0) is 11.3 Å². The Morgan fingerprint density at radius 1 is 1.28 bits per heavy atom. The van der Waals surface area contributed by atoms with Crippen molar-refractivity contribution in [1.29, 1.82) is 0 Å². The number of ether oxygens (including phenoxy) is 1. The van der Waals surface area contributed by atoms with Crippen LogP contribution in [-0.4, -0.2) is 34.6 Å². The van der Waals surface area contributed by atoms with Crippen molar-refractivity contribution in [1.82, 2.24) is 20.3 Å². The van der Waals surface area contributed by atoms with E-state index in [1.54, 1.807) is 18.0 Å². The van der Waals surface area contributed by atoms with E-state index in [9.17, 15) is 4.79 Å². The first-order valence-electron chi connectivity index (χ1n) is 8.12. The number of halogens is 1. The summed E-state index contributed by atoms with van der Waals surface area (Å²) in [5.41, 5.74) is 6.86. The molecule has 0 atom stereocenters. The monoisotopic (exact) mass is 367 g/mol. The van der Waals surface area contributed by atoms with Crippen molar-refractivity contribution >= 4 is 18.3 Å². The molecule has 1 amide bonds. The van der Waals surface area contributed by atoms with E-state index in [-0.39, 0.29) is 18.3 Å². The molecule has 0 saturated heterocycles. The van der Waals surface area contributed by atoms with Gasteiger partial charge in [0, 0.05) is 6.54 Å². The van der Waals surface area contributed by atoms with E-state index in [4.69, 9.17) is 10.5 Å². The van der Waals surface area contributed by atoms with E-state index in [2.05, 4.69) is 15.6 Å². The molecule has 7 nitrogen and oxygen atoms in total. The second-order valence-corrected chi connectivity index (χ2v) is 5.73. The van der Waals surface area contributed by atoms with Crippen molar-refractivity contribution in [2.45, 2.75) is 33.2 Å². The van der Waals surface area contributed by atoms with Crippen molar-refractivity contribution in [3.8, 4) is 11.4 Å². The molecule has 8 heteroatoms. The fourth-order valence-corrected chi connectivity index (χ4v) is 2.55. The van der Waals surface area contributed by atoms with Gasteiger partial charge in [-0.25, -0.2) is 4.68 Å². The number of nitrogens with zero attached hydrogens (tertiary/aromatic N) is 3. The number of nitrogens with one attached hydrogen (secondary N) is 1. The minimum Gasteiger partial charge on any atom is -0.497 e. The number of nitrogens with two attached hydrogens (primary N) is 1. The molecule has 0 fully saturated rings. The summed E-state index contributed by atoms with van der Waals surface area (Å²) in [6.45, 7) is 4.63. The number of hydrogen-bond acceptors (Lipinski definition) is 5. The molecule has 0 unspecified atom stereocenters. The van der Waals surface area contributed by atoms with Gasteiger partial charge in [-0.1, -0.05) is 19.1 Å². The van der Waals surface area contributed by atoms with Crippen molar-refractivity contribution < 1.29 is 9.53 Å². The Bertz CT molecular complexity index is 660. The molecule has 0 aliphatic carbocycles. The minimum atomic E-state index is -0.508. The molecule has 3 N–H and O–H groups in total. The molecule has 0 saturated carbocycles. The Labute approximate surface area is 154 Å². The molecule has 1 heterocycles. The van der Waals surface area contributed by atoms with Gasteiger partial charge >= 0.3 is 0 Å². The maximum absolute atomic E-state index is 12.4. The van der Waals surface area contributed by atoms with E-state index in [1.807, 2.05) is 38.1 Å². The zero-order chi connectivity index (χ0) is 17.6. The molecule has 138 valence electrons. The van der Waals surface area contributed by atoms with Crippen LogP contribution in [0.2, 0.25) is 0 Å². The van der Waals surface area contributed by atoms with Crippen LogP contribution < -0.4 is 15.8 Å². The zero-order valence-electron chi connectivity index (χ0n) is 14.9. The van der Waals surface area contributed by atoms with Gasteiger partial charge < -0.3 is 15.8 Å². The van der Waals surface area contributed by atoms with Crippen LogP contribution in [0, 0.1) is 5.41 Å². The summed E-state index contributed by atoms with van der Waals surface area (Å²) < 4.78 is 6.80. The lowest BCUT2D eigenvalue weighted by atomic mass is 9.81. The summed E-state index contributed by atoms with van der Waals surface area (Å²) in [4.78, 5) is 12.4. The van der Waals surface area contributed by atoms with Gasteiger partial charge in [0.1, 0.15) is 11.4 Å². The number of hydrogen-bond donors (Lipinski definition) is 2. The summed E-state index contributed by atoms with van der Waals surface area (Å²) in [7, 11) is 1.62. The summed E-state index contributed by atoms with van der Waals surface area (Å²) in [5, 5.41) is 11.1. The van der Waals surface area contributed by atoms with Gasteiger partial charge in [0.25, 0.3) is 0 Å². The van der Waals surface area contributed by atoms with Crippen molar-refractivity contribution in [2.75, 3.05) is 13.7 Å². The highest BCUT2D eigenvalue weighted by atomic mass is 35.5. The smallest absolute Gasteiger partial charge is 0.227 e. The lowest BCUT2D eigenvalue weighted by molar-refractivity contribution is -0.131. The van der Waals surface area contributed by atoms with Crippen LogP contribution in [0.15, 0.2) is 30.5 Å². The number of benzene rings is 1. The van der Waals surface area contributed by atoms with Crippen LogP contribution in [0.1, 0.15) is 32.4 Å². The van der Waals surface area contributed by atoms with Gasteiger partial charge in [-0.05, 0) is 37.1 Å². The quantitative estimate of drug-likeness (QED) is 0.744. The molecule has 0 radical (unpaired) electrons. The molecule has 0 aliphatic rings. The Morgan fingerprint density at radius 3 is 2.44 bits per heavy atom. The predicted molar refractivity (Wildman–Crippen MR) is 99.1 cm³/mol. The van der Waals surface area contributed by atoms with Gasteiger partial charge in [-0.3, -0.25) is 4.79 Å². The Morgan fingerprint density at radius 2 is 1.92 bits per heavy atom. The molecular weight excluding hydrogens is 342 g/mol. The van der Waals surface area contributed by atoms with Crippen LogP contribution >= 0.6 is 12.4 Å². The molecule has 1 aromatic carbocycles. The second-order valence-electron chi connectivity index (χ2n) is 5.73. The van der Waals surface area contributed by atoms with Gasteiger partial charge in [0.05, 0.1) is 31.0 Å². The standard InChI is InChI=1S/C17H25N5O2.ClH/c1-4-17(5-2,12-18)16(23)19-10-13-11-22(21-20-13)14-6-8-15(24-3)9-7-14;/h6-9,11H,4-5,10,12,18H2,1-3H3,(H,19,23);1H. The second kappa shape index (κ2) is 9.39. The summed E-state index contributed by atoms with van der Waals surface area (Å²) in [6.07, 6.45) is 3.22. The molecule has 2 rings (SSSR count). The molecule has 25 heavy (non-hydrogen) atoms. The average Bonchev–Trinajstić information content (AvgIpc) is 3.11. The summed E-state index contributed by atoms with van der Waals surface area (Å²) in [6, 6.07) is 7.50. The SMILES string of the molecule is CCC(CC)(CN)C(=O)NCc1cn(-c2ccc(OC)cc2)nn1.Cl. The van der Waals surface area contributed by atoms with Crippen LogP contribution in [0.3, 0.4) is 0 Å². The van der Waals surface area contributed by atoms with Gasteiger partial charge in [0.2, 0.25) is 5.91 Å². The zero-order valence-corrected chi connectivity index (χ0v) is 15.7. The molecule has 0 spiro atoms. The van der Waals surface area contributed by atoms with E-state index < -0.39 is 5.41 Å². The topological polar surface area (TPSA) is 95.1 Å². The van der Waals surface area contributed by atoms with Crippen molar-refractivity contribution in [2.24, 2.45) is 11.1 Å². The molecule has 2 aromatic rings. The van der Waals surface area contributed by atoms with Gasteiger partial charge in [-0.2, -0.15) is 0 Å². The number of carbonyl (C=O) groups excluding carboxylic acids is 1. The van der Waals surface area contributed by atoms with E-state index in [1.165, 1.54) is 0 Å². The van der Waals surface area contributed by atoms with Crippen LogP contribution in [0.25, 0.3) is 5.69 Å². The van der Waals surface area contributed by atoms with Gasteiger partial charge in [-0.15, -0.1) is 17.5 Å². The largest absolute Gasteiger partial charge is 0.497 e. The third-order valence-corrected chi connectivity index (χ3v) is 4.53. The molecule has 0 aliphatic heterocycles. The summed E-state index contributed by atoms with van der Waals surface area (Å²) in [5.74, 6) is 0.748. The number of rotatable bonds is 8. The lowest BCUT2D eigenvalue weighted by Gasteiger charge is -2.28. The normalized spacial score (nSPS) is 10.9. The van der Waals surface area contributed by atoms with E-state index in [0.717, 1.165) is 11.4 Å². The Kier molecular flexibility index (Phi) is 7.86. The molecular formula is C17H26ClN5O2. The first-order valence-corrected chi connectivity index (χ1v) is 8.12. The van der Waals surface area contributed by atoms with E-state index >= 15 is 0 Å². The highest BCUT2D eigenvalue weighted by molar-refractivity contribution is 5.85. The fourth-order valence-electron chi connectivity index (χ4n) is 2.55. The maximum Gasteiger partial charge on any atom is 0.227 e. The average molecular weight is 368 g/mol. The molecule has 0 bridgehead atoms. The highest BCUT2D eigenvalue weighted by Crippen LogP contribution is 2.25. The Hall–Kier alpha value is -2.12. The van der Waals surface area contributed by atoms with E-state index in [0.29, 0.717) is 31.6 Å². The predicted octanol–water partition coefficient (Wildman–Crippen LogP) is 2.08.